The molecule has 2 amide bonds. The second-order valence-electron chi connectivity index (χ2n) is 6.59. The first kappa shape index (κ1) is 23.3. The van der Waals surface area contributed by atoms with E-state index in [-0.39, 0.29) is 37.7 Å². The van der Waals surface area contributed by atoms with Crippen LogP contribution in [0.3, 0.4) is 0 Å². The second-order valence-corrected chi connectivity index (χ2v) is 6.59. The highest BCUT2D eigenvalue weighted by atomic mass is 16.5. The highest BCUT2D eigenvalue weighted by Crippen LogP contribution is 2.11. The predicted molar refractivity (Wildman–Crippen MR) is 102 cm³/mol. The number of rotatable bonds is 11. The molecule has 0 unspecified atom stereocenters. The number of ether oxygens (including phenoxy) is 1. The number of likely N-dealkylation sites (N-methyl/N-ethyl adjacent to an activating group) is 2. The Balaban J connectivity index is 2.51. The van der Waals surface area contributed by atoms with E-state index in [0.717, 1.165) is 11.1 Å². The number of hydrogen-bond donors (Lipinski definition) is 1. The summed E-state index contributed by atoms with van der Waals surface area (Å²) in [4.78, 5) is 49.2. The fourth-order valence-electron chi connectivity index (χ4n) is 2.57. The molecule has 1 rings (SSSR count). The van der Waals surface area contributed by atoms with Crippen molar-refractivity contribution in [2.75, 3.05) is 40.9 Å². The summed E-state index contributed by atoms with van der Waals surface area (Å²) in [5, 5.41) is 8.75. The molecule has 0 spiro atoms. The third-order valence-electron chi connectivity index (χ3n) is 4.28. The van der Waals surface area contributed by atoms with Crippen LogP contribution in [0.1, 0.15) is 24.0 Å². The summed E-state index contributed by atoms with van der Waals surface area (Å²) in [5.41, 5.74) is 1.93. The largest absolute Gasteiger partial charge is 0.468 e. The van der Waals surface area contributed by atoms with Gasteiger partial charge < -0.3 is 19.6 Å². The lowest BCUT2D eigenvalue weighted by molar-refractivity contribution is -0.146. The Morgan fingerprint density at radius 2 is 1.43 bits per heavy atom. The lowest BCUT2D eigenvalue weighted by atomic mass is 10.0. The Morgan fingerprint density at radius 1 is 0.929 bits per heavy atom. The van der Waals surface area contributed by atoms with Gasteiger partial charge in [0.05, 0.1) is 13.7 Å². The zero-order valence-electron chi connectivity index (χ0n) is 16.6. The van der Waals surface area contributed by atoms with Crippen molar-refractivity contribution in [3.8, 4) is 0 Å². The number of aliphatic hydroxyl groups excluding tert-OH is 1. The van der Waals surface area contributed by atoms with Gasteiger partial charge in [-0.2, -0.15) is 0 Å². The second kappa shape index (κ2) is 11.9. The van der Waals surface area contributed by atoms with Gasteiger partial charge in [-0.25, -0.2) is 0 Å². The van der Waals surface area contributed by atoms with Gasteiger partial charge in [-0.15, -0.1) is 0 Å². The first-order chi connectivity index (χ1) is 13.3. The maximum atomic E-state index is 12.1. The molecule has 8 heteroatoms. The van der Waals surface area contributed by atoms with Crippen molar-refractivity contribution in [2.24, 2.45) is 0 Å². The smallest absolute Gasteiger partial charge is 0.325 e. The number of aryl methyl sites for hydroxylation is 2. The summed E-state index contributed by atoms with van der Waals surface area (Å²) in [5.74, 6) is -1.19. The Hall–Kier alpha value is -2.74. The van der Waals surface area contributed by atoms with E-state index in [1.165, 1.54) is 24.0 Å². The first-order valence-corrected chi connectivity index (χ1v) is 9.02. The Labute approximate surface area is 165 Å². The average molecular weight is 392 g/mol. The average Bonchev–Trinajstić information content (AvgIpc) is 2.69. The molecule has 154 valence electrons. The highest BCUT2D eigenvalue weighted by Gasteiger charge is 2.14. The van der Waals surface area contributed by atoms with Gasteiger partial charge in [0, 0.05) is 26.9 Å². The van der Waals surface area contributed by atoms with E-state index >= 15 is 0 Å². The third-order valence-corrected chi connectivity index (χ3v) is 4.28. The van der Waals surface area contributed by atoms with Crippen molar-refractivity contribution in [2.45, 2.75) is 25.7 Å². The topological polar surface area (TPSA) is 104 Å². The quantitative estimate of drug-likeness (QED) is 0.540. The van der Waals surface area contributed by atoms with E-state index in [2.05, 4.69) is 4.74 Å². The molecule has 0 fully saturated rings. The van der Waals surface area contributed by atoms with Crippen LogP contribution >= 0.6 is 0 Å². The van der Waals surface area contributed by atoms with E-state index < -0.39 is 18.4 Å². The van der Waals surface area contributed by atoms with Crippen molar-refractivity contribution in [1.29, 1.82) is 0 Å². The number of carbonyl (C=O) groups is 4. The number of benzene rings is 1. The Morgan fingerprint density at radius 3 is 1.89 bits per heavy atom. The molecule has 0 aliphatic heterocycles. The number of Topliss-reactive ketones (excluding diaryl/α,β-unsaturated/α-hetero) is 1. The maximum Gasteiger partial charge on any atom is 0.325 e. The fraction of sp³-hybridized carbons (Fsp3) is 0.500. The molecule has 0 aliphatic rings. The van der Waals surface area contributed by atoms with Crippen LogP contribution in [0.25, 0.3) is 0 Å². The molecule has 8 nitrogen and oxygen atoms in total. The molecule has 0 heterocycles. The van der Waals surface area contributed by atoms with Gasteiger partial charge in [0.25, 0.3) is 0 Å². The van der Waals surface area contributed by atoms with Crippen molar-refractivity contribution in [3.05, 3.63) is 35.4 Å². The zero-order chi connectivity index (χ0) is 21.1. The number of aliphatic hydroxyl groups is 1. The first-order valence-electron chi connectivity index (χ1n) is 9.02. The van der Waals surface area contributed by atoms with Gasteiger partial charge in [0.1, 0.15) is 13.2 Å². The molecule has 0 atom stereocenters. The number of nitrogens with zero attached hydrogens (tertiary/aromatic N) is 2. The van der Waals surface area contributed by atoms with Crippen LogP contribution in [0.5, 0.6) is 0 Å². The Kier molecular flexibility index (Phi) is 9.87. The normalized spacial score (nSPS) is 10.3. The SMILES string of the molecule is COC(=O)CN(C)C(=O)CCc1cccc(CCC(=O)N(C)CC(=O)CO)c1. The number of ketones is 1. The lowest BCUT2D eigenvalue weighted by Gasteiger charge is -2.16. The molecule has 1 aromatic carbocycles. The third kappa shape index (κ3) is 8.30. The van der Waals surface area contributed by atoms with E-state index in [1.807, 2.05) is 24.3 Å². The predicted octanol–water partition coefficient (Wildman–Crippen LogP) is 0.203. The zero-order valence-corrected chi connectivity index (χ0v) is 16.6. The lowest BCUT2D eigenvalue weighted by Crippen LogP contribution is -2.33. The standard InChI is InChI=1S/C20H28N2O6/c1-21(12-17(24)14-23)18(25)9-7-15-5-4-6-16(11-15)8-10-19(26)22(2)13-20(27)28-3/h4-6,11,23H,7-10,12-14H2,1-3H3. The van der Waals surface area contributed by atoms with Crippen LogP contribution in [-0.2, 0) is 36.8 Å². The van der Waals surface area contributed by atoms with Gasteiger partial charge in [0.15, 0.2) is 5.78 Å². The minimum atomic E-state index is -0.576. The molecule has 0 aliphatic carbocycles. The molecule has 0 bridgehead atoms. The number of hydrogen-bond acceptors (Lipinski definition) is 6. The summed E-state index contributed by atoms with van der Waals surface area (Å²) >= 11 is 0. The van der Waals surface area contributed by atoms with Crippen LogP contribution in [0.15, 0.2) is 24.3 Å². The monoisotopic (exact) mass is 392 g/mol. The van der Waals surface area contributed by atoms with E-state index in [0.29, 0.717) is 12.8 Å². The van der Waals surface area contributed by atoms with E-state index in [1.54, 1.807) is 7.05 Å². The molecule has 1 N–H and O–H groups in total. The van der Waals surface area contributed by atoms with Crippen LogP contribution < -0.4 is 0 Å². The minimum absolute atomic E-state index is 0.0796. The van der Waals surface area contributed by atoms with Crippen LogP contribution in [0, 0.1) is 0 Å². The van der Waals surface area contributed by atoms with Crippen molar-refractivity contribution < 1.29 is 29.0 Å². The van der Waals surface area contributed by atoms with Gasteiger partial charge in [0.2, 0.25) is 11.8 Å². The van der Waals surface area contributed by atoms with Gasteiger partial charge in [-0.3, -0.25) is 19.2 Å². The van der Waals surface area contributed by atoms with Gasteiger partial charge in [-0.05, 0) is 24.0 Å². The van der Waals surface area contributed by atoms with E-state index in [4.69, 9.17) is 5.11 Å². The number of carbonyl (C=O) groups excluding carboxylic acids is 4. The highest BCUT2D eigenvalue weighted by molar-refractivity contribution is 5.86. The van der Waals surface area contributed by atoms with Gasteiger partial charge in [-0.1, -0.05) is 24.3 Å². The summed E-state index contributed by atoms with van der Waals surface area (Å²) in [6.07, 6.45) is 1.55. The Bertz CT molecular complexity index is 648. The van der Waals surface area contributed by atoms with Gasteiger partial charge >= 0.3 is 5.97 Å². The molecule has 0 radical (unpaired) electrons. The van der Waals surface area contributed by atoms with Crippen LogP contribution in [0.2, 0.25) is 0 Å². The molecular weight excluding hydrogens is 364 g/mol. The fourth-order valence-corrected chi connectivity index (χ4v) is 2.57. The van der Waals surface area contributed by atoms with Crippen molar-refractivity contribution >= 4 is 23.6 Å². The van der Waals surface area contributed by atoms with Crippen molar-refractivity contribution in [1.82, 2.24) is 9.80 Å². The molecule has 0 saturated carbocycles. The molecule has 0 aromatic heterocycles. The summed E-state index contributed by atoms with van der Waals surface area (Å²) in [6, 6.07) is 7.63. The summed E-state index contributed by atoms with van der Waals surface area (Å²) in [6.45, 7) is -0.756. The maximum absolute atomic E-state index is 12.1. The summed E-state index contributed by atoms with van der Waals surface area (Å²) < 4.78 is 4.55. The van der Waals surface area contributed by atoms with E-state index in [9.17, 15) is 19.2 Å². The number of esters is 1. The van der Waals surface area contributed by atoms with Crippen LogP contribution in [-0.4, -0.2) is 79.4 Å². The van der Waals surface area contributed by atoms with Crippen molar-refractivity contribution in [3.63, 3.8) is 0 Å². The molecule has 1 aromatic rings. The van der Waals surface area contributed by atoms with Crippen LogP contribution in [0.4, 0.5) is 0 Å². The number of amides is 2. The minimum Gasteiger partial charge on any atom is -0.468 e. The molecule has 28 heavy (non-hydrogen) atoms. The number of methoxy groups -OCH3 is 1. The summed E-state index contributed by atoms with van der Waals surface area (Å²) in [7, 11) is 4.36. The molecular formula is C20H28N2O6. The molecule has 0 saturated heterocycles.